The molecule has 0 radical (unpaired) electrons. The van der Waals surface area contributed by atoms with Gasteiger partial charge in [0.2, 0.25) is 0 Å². The zero-order valence-corrected chi connectivity index (χ0v) is 31.8. The van der Waals surface area contributed by atoms with E-state index in [0.717, 1.165) is 50.6 Å². The smallest absolute Gasteiger partial charge is 0.657 e. The Morgan fingerprint density at radius 3 is 1.92 bits per heavy atom. The monoisotopic (exact) mass is 820 g/mol. The molecule has 49 heavy (non-hydrogen) atoms. The molecule has 0 bridgehead atoms. The van der Waals surface area contributed by atoms with Crippen LogP contribution in [-0.2, 0) is 38.6 Å². The van der Waals surface area contributed by atoms with Crippen LogP contribution in [0.25, 0.3) is 50.1 Å². The first-order valence-corrected chi connectivity index (χ1v) is 16.9. The Labute approximate surface area is 308 Å². The second kappa shape index (κ2) is 12.9. The maximum absolute atomic E-state index is 5.29. The summed E-state index contributed by atoms with van der Waals surface area (Å²) in [6, 6.07) is 48.5. The van der Waals surface area contributed by atoms with Crippen molar-refractivity contribution in [3.05, 3.63) is 155 Å². The van der Waals surface area contributed by atoms with Crippen molar-refractivity contribution in [1.29, 1.82) is 0 Å². The molecule has 0 spiro atoms. The molecular weight excluding hydrogens is 777 g/mol. The molecule has 7 rings (SSSR count). The number of fused-ring (bicyclic) bond motifs is 2. The molecule has 0 atom stereocenters. The van der Waals surface area contributed by atoms with Crippen LogP contribution in [0, 0.1) is 12.1 Å². The van der Waals surface area contributed by atoms with Gasteiger partial charge in [-0.15, -0.1) is 34.6 Å². The number of rotatable bonds is 4. The van der Waals surface area contributed by atoms with E-state index in [2.05, 4.69) is 183 Å². The van der Waals surface area contributed by atoms with Crippen LogP contribution in [0.15, 0.2) is 115 Å². The molecule has 0 saturated heterocycles. The molecule has 248 valence electrons. The molecule has 2 heterocycles. The molecule has 3 heteroatoms. The van der Waals surface area contributed by atoms with Gasteiger partial charge < -0.3 is 5.32 Å². The van der Waals surface area contributed by atoms with Crippen molar-refractivity contribution in [3.63, 3.8) is 0 Å². The van der Waals surface area contributed by atoms with Gasteiger partial charge in [0.25, 0.3) is 0 Å². The van der Waals surface area contributed by atoms with Gasteiger partial charge in [0.15, 0.2) is 0 Å². The van der Waals surface area contributed by atoms with E-state index < -0.39 is 0 Å². The van der Waals surface area contributed by atoms with Crippen LogP contribution in [0.3, 0.4) is 0 Å². The molecule has 0 unspecified atom stereocenters. The second-order valence-electron chi connectivity index (χ2n) is 15.6. The molecule has 0 N–H and O–H groups in total. The van der Waals surface area contributed by atoms with Crippen molar-refractivity contribution in [1.82, 2.24) is 4.98 Å². The van der Waals surface area contributed by atoms with E-state index in [9.17, 15) is 0 Å². The first kappa shape index (κ1) is 34.6. The molecule has 5 aromatic carbocycles. The van der Waals surface area contributed by atoms with E-state index in [0.29, 0.717) is 0 Å². The van der Waals surface area contributed by atoms with Gasteiger partial charge in [-0.1, -0.05) is 151 Å². The molecule has 1 aliphatic heterocycles. The van der Waals surface area contributed by atoms with Crippen molar-refractivity contribution >= 4 is 11.4 Å². The van der Waals surface area contributed by atoms with Gasteiger partial charge in [-0.3, -0.25) is 4.98 Å². The van der Waals surface area contributed by atoms with Crippen LogP contribution in [0.1, 0.15) is 77.6 Å². The number of hydrogen-bond acceptors (Lipinski definition) is 1. The summed E-state index contributed by atoms with van der Waals surface area (Å²) in [7, 11) is 0. The first-order chi connectivity index (χ1) is 22.8. The summed E-state index contributed by atoms with van der Waals surface area (Å²) in [5.41, 5.74) is 15.1. The van der Waals surface area contributed by atoms with Gasteiger partial charge in [-0.2, -0.15) is 35.9 Å². The summed E-state index contributed by atoms with van der Waals surface area (Å²) in [6.45, 7) is 18.0. The standard InChI is InChI=1S/C46H43N2.Au/c1-44(2,3)35-23-19-30(20-24-35)32-27-33(31-21-25-36(26-22-31)45(4,5)6)29-34(28-32)40-17-12-18-41(47-40)37-13-11-15-39-43(37)48-42-16-10-9-14-38(42)46(39,7)8;/h9-21,23-28H,1-8H3;/q-3;+3. The number of pyridine rings is 1. The Balaban J connectivity index is 0.00000417. The number of para-hydroxylation sites is 2. The Bertz CT molecular complexity index is 2050. The Hall–Kier alpha value is -4.21. The Morgan fingerprint density at radius 1 is 0.592 bits per heavy atom. The van der Waals surface area contributed by atoms with Crippen LogP contribution >= 0.6 is 0 Å². The minimum atomic E-state index is -0.167. The van der Waals surface area contributed by atoms with Gasteiger partial charge in [-0.25, -0.2) is 5.56 Å². The van der Waals surface area contributed by atoms with Crippen LogP contribution in [0.4, 0.5) is 11.4 Å². The van der Waals surface area contributed by atoms with Crippen LogP contribution in [0.5, 0.6) is 0 Å². The molecule has 0 fully saturated rings. The van der Waals surface area contributed by atoms with E-state index >= 15 is 0 Å². The van der Waals surface area contributed by atoms with Crippen molar-refractivity contribution in [2.24, 2.45) is 0 Å². The average Bonchev–Trinajstić information content (AvgIpc) is 3.07. The van der Waals surface area contributed by atoms with E-state index in [4.69, 9.17) is 10.3 Å². The van der Waals surface area contributed by atoms with E-state index in [1.807, 2.05) is 0 Å². The fourth-order valence-corrected chi connectivity index (χ4v) is 6.72. The second-order valence-corrected chi connectivity index (χ2v) is 15.6. The van der Waals surface area contributed by atoms with Crippen molar-refractivity contribution < 1.29 is 22.4 Å². The third-order valence-corrected chi connectivity index (χ3v) is 9.74. The van der Waals surface area contributed by atoms with E-state index in [-0.39, 0.29) is 38.6 Å². The van der Waals surface area contributed by atoms with Crippen LogP contribution < -0.4 is 0 Å². The van der Waals surface area contributed by atoms with Gasteiger partial charge in [0.1, 0.15) is 0 Å². The molecule has 0 saturated carbocycles. The summed E-state index contributed by atoms with van der Waals surface area (Å²) in [5, 5.41) is 5.19. The SMILES string of the molecule is CC(C)(C)c1c[c-]c(-c2[c-]c(-c3cccc(-c4cccc5c4[N-]c4ccccc4C5(C)C)n3)cc(-c3ccc(C(C)(C)C)cc3)c2)cc1.[Au+3]. The maximum atomic E-state index is 5.29. The number of aromatic nitrogens is 1. The topological polar surface area (TPSA) is 27.0 Å². The van der Waals surface area contributed by atoms with Crippen molar-refractivity contribution in [2.45, 2.75) is 71.6 Å². The summed E-state index contributed by atoms with van der Waals surface area (Å²) in [5.74, 6) is 0. The molecular formula is C46H43AuN2. The quantitative estimate of drug-likeness (QED) is 0.129. The molecule has 1 aromatic heterocycles. The maximum Gasteiger partial charge on any atom is 3.00 e. The average molecular weight is 821 g/mol. The largest absolute Gasteiger partial charge is 3.00 e. The number of hydrogen-bond donors (Lipinski definition) is 0. The van der Waals surface area contributed by atoms with Gasteiger partial charge in [-0.05, 0) is 33.6 Å². The minimum Gasteiger partial charge on any atom is -0.657 e. The molecule has 1 aliphatic rings. The van der Waals surface area contributed by atoms with Gasteiger partial charge in [0.05, 0.1) is 5.69 Å². The Kier molecular flexibility index (Phi) is 9.13. The summed E-state index contributed by atoms with van der Waals surface area (Å²) >= 11 is 0. The van der Waals surface area contributed by atoms with E-state index in [1.54, 1.807) is 0 Å². The normalized spacial score (nSPS) is 13.5. The summed E-state index contributed by atoms with van der Waals surface area (Å²) < 4.78 is 0. The van der Waals surface area contributed by atoms with Gasteiger partial charge in [0, 0.05) is 11.1 Å². The predicted octanol–water partition coefficient (Wildman–Crippen LogP) is 12.9. The molecule has 2 nitrogen and oxygen atoms in total. The zero-order valence-electron chi connectivity index (χ0n) is 29.7. The van der Waals surface area contributed by atoms with Crippen molar-refractivity contribution in [2.75, 3.05) is 0 Å². The minimum absolute atomic E-state index is 0. The summed E-state index contributed by atoms with van der Waals surface area (Å²) in [4.78, 5) is 5.29. The third-order valence-electron chi connectivity index (χ3n) is 9.74. The van der Waals surface area contributed by atoms with Crippen molar-refractivity contribution in [3.8, 4) is 44.8 Å². The molecule has 0 amide bonds. The van der Waals surface area contributed by atoms with Crippen LogP contribution in [-0.4, -0.2) is 4.98 Å². The Morgan fingerprint density at radius 2 is 1.22 bits per heavy atom. The zero-order chi connectivity index (χ0) is 33.8. The fourth-order valence-electron chi connectivity index (χ4n) is 6.72. The number of nitrogens with zero attached hydrogens (tertiary/aromatic N) is 2. The third kappa shape index (κ3) is 6.71. The van der Waals surface area contributed by atoms with Crippen LogP contribution in [0.2, 0.25) is 0 Å². The summed E-state index contributed by atoms with van der Waals surface area (Å²) in [6.07, 6.45) is 0. The number of benzene rings is 5. The predicted molar refractivity (Wildman–Crippen MR) is 202 cm³/mol. The van der Waals surface area contributed by atoms with Gasteiger partial charge >= 0.3 is 22.4 Å². The molecule has 0 aliphatic carbocycles. The molecule has 6 aromatic rings. The fraction of sp³-hybridized carbons (Fsp3) is 0.239. The first-order valence-electron chi connectivity index (χ1n) is 16.9. The van der Waals surface area contributed by atoms with E-state index in [1.165, 1.54) is 27.8 Å².